The van der Waals surface area contributed by atoms with E-state index in [0.717, 1.165) is 11.8 Å². The summed E-state index contributed by atoms with van der Waals surface area (Å²) in [6.07, 6.45) is 5.48. The lowest BCUT2D eigenvalue weighted by Crippen LogP contribution is -2.44. The second kappa shape index (κ2) is 2.83. The molecular formula is C16H24. The smallest absolute Gasteiger partial charge is 0.00375 e. The van der Waals surface area contributed by atoms with Crippen LogP contribution in [0.3, 0.4) is 0 Å². The molecule has 0 aromatic carbocycles. The molecule has 0 unspecified atom stereocenters. The van der Waals surface area contributed by atoms with Crippen LogP contribution in [0.15, 0.2) is 23.3 Å². The largest absolute Gasteiger partial charge is 0.0955 e. The first-order valence-corrected chi connectivity index (χ1v) is 6.79. The van der Waals surface area contributed by atoms with Crippen LogP contribution < -0.4 is 0 Å². The molecule has 88 valence electrons. The molecule has 3 rings (SSSR count). The first-order valence-electron chi connectivity index (χ1n) is 6.79. The predicted octanol–water partition coefficient (Wildman–Crippen LogP) is 4.73. The SMILES string of the molecule is C=C1C[C@@]23C(=C1C)C[C@@H](CC[C@H]2C)C3(C)C. The zero-order valence-electron chi connectivity index (χ0n) is 11.2. The van der Waals surface area contributed by atoms with Crippen molar-refractivity contribution in [2.75, 3.05) is 0 Å². The van der Waals surface area contributed by atoms with E-state index in [9.17, 15) is 0 Å². The number of hydrogen-bond acceptors (Lipinski definition) is 0. The number of fused-ring (bicyclic) bond motifs is 1. The lowest BCUT2D eigenvalue weighted by Gasteiger charge is -2.51. The lowest BCUT2D eigenvalue weighted by atomic mass is 9.53. The third kappa shape index (κ3) is 0.893. The Hall–Kier alpha value is -0.520. The average Bonchev–Trinajstić information content (AvgIpc) is 2.50. The van der Waals surface area contributed by atoms with Crippen LogP contribution in [-0.4, -0.2) is 0 Å². The van der Waals surface area contributed by atoms with Gasteiger partial charge in [0.15, 0.2) is 0 Å². The van der Waals surface area contributed by atoms with E-state index >= 15 is 0 Å². The summed E-state index contributed by atoms with van der Waals surface area (Å²) >= 11 is 0. The molecule has 3 aliphatic rings. The van der Waals surface area contributed by atoms with Crippen LogP contribution >= 0.6 is 0 Å². The topological polar surface area (TPSA) is 0 Å². The molecule has 2 saturated carbocycles. The van der Waals surface area contributed by atoms with E-state index in [-0.39, 0.29) is 0 Å². The van der Waals surface area contributed by atoms with Crippen molar-refractivity contribution in [3.8, 4) is 0 Å². The molecule has 0 aromatic heterocycles. The van der Waals surface area contributed by atoms with Crippen LogP contribution in [0, 0.1) is 22.7 Å². The van der Waals surface area contributed by atoms with Crippen LogP contribution in [0.2, 0.25) is 0 Å². The Morgan fingerprint density at radius 3 is 2.62 bits per heavy atom. The highest BCUT2D eigenvalue weighted by Crippen LogP contribution is 2.73. The Labute approximate surface area is 99.8 Å². The molecule has 0 aromatic rings. The van der Waals surface area contributed by atoms with Crippen molar-refractivity contribution in [3.05, 3.63) is 23.3 Å². The van der Waals surface area contributed by atoms with Crippen LogP contribution in [0.1, 0.15) is 53.4 Å². The maximum absolute atomic E-state index is 4.30. The first-order chi connectivity index (χ1) is 7.41. The fourth-order valence-electron chi connectivity index (χ4n) is 5.21. The fraction of sp³-hybridized carbons (Fsp3) is 0.750. The molecule has 0 heteroatoms. The van der Waals surface area contributed by atoms with Gasteiger partial charge in [-0.3, -0.25) is 0 Å². The number of allylic oxidation sites excluding steroid dienone is 3. The monoisotopic (exact) mass is 216 g/mol. The summed E-state index contributed by atoms with van der Waals surface area (Å²) in [7, 11) is 0. The van der Waals surface area contributed by atoms with Gasteiger partial charge in [0.2, 0.25) is 0 Å². The summed E-state index contributed by atoms with van der Waals surface area (Å²) < 4.78 is 0. The maximum Gasteiger partial charge on any atom is 0.00375 e. The summed E-state index contributed by atoms with van der Waals surface area (Å²) in [6, 6.07) is 0. The zero-order chi connectivity index (χ0) is 11.7. The molecule has 3 aliphatic carbocycles. The number of rotatable bonds is 0. The lowest BCUT2D eigenvalue weighted by molar-refractivity contribution is -0.00236. The van der Waals surface area contributed by atoms with Gasteiger partial charge in [-0.2, -0.15) is 0 Å². The minimum Gasteiger partial charge on any atom is -0.0955 e. The van der Waals surface area contributed by atoms with Gasteiger partial charge in [0, 0.05) is 5.41 Å². The minimum absolute atomic E-state index is 0.483. The van der Waals surface area contributed by atoms with Gasteiger partial charge < -0.3 is 0 Å². The van der Waals surface area contributed by atoms with Crippen molar-refractivity contribution in [2.24, 2.45) is 22.7 Å². The van der Waals surface area contributed by atoms with E-state index in [1.807, 2.05) is 0 Å². The molecule has 1 spiro atoms. The van der Waals surface area contributed by atoms with Gasteiger partial charge in [-0.1, -0.05) is 38.5 Å². The normalized spacial score (nSPS) is 45.1. The van der Waals surface area contributed by atoms with E-state index in [4.69, 9.17) is 0 Å². The molecular weight excluding hydrogens is 192 g/mol. The molecule has 3 atom stereocenters. The second-order valence-corrected chi connectivity index (χ2v) is 6.96. The van der Waals surface area contributed by atoms with E-state index in [0.29, 0.717) is 10.8 Å². The van der Waals surface area contributed by atoms with Gasteiger partial charge in [-0.05, 0) is 55.4 Å². The summed E-state index contributed by atoms with van der Waals surface area (Å²) in [5.74, 6) is 1.78. The van der Waals surface area contributed by atoms with Crippen molar-refractivity contribution < 1.29 is 0 Å². The second-order valence-electron chi connectivity index (χ2n) is 6.96. The Bertz CT molecular complexity index is 396. The quantitative estimate of drug-likeness (QED) is 0.549. The van der Waals surface area contributed by atoms with Gasteiger partial charge in [0.1, 0.15) is 0 Å². The van der Waals surface area contributed by atoms with Crippen LogP contribution in [0.5, 0.6) is 0 Å². The van der Waals surface area contributed by atoms with E-state index in [2.05, 4.69) is 34.3 Å². The van der Waals surface area contributed by atoms with E-state index in [1.54, 1.807) is 11.1 Å². The van der Waals surface area contributed by atoms with Gasteiger partial charge in [-0.25, -0.2) is 0 Å². The van der Waals surface area contributed by atoms with Crippen molar-refractivity contribution in [1.29, 1.82) is 0 Å². The van der Waals surface area contributed by atoms with Crippen molar-refractivity contribution in [3.63, 3.8) is 0 Å². The third-order valence-electron chi connectivity index (χ3n) is 6.42. The van der Waals surface area contributed by atoms with E-state index in [1.165, 1.54) is 31.3 Å². The highest BCUT2D eigenvalue weighted by atomic mass is 14.7. The molecule has 0 nitrogen and oxygen atoms in total. The first kappa shape index (κ1) is 10.6. The Morgan fingerprint density at radius 1 is 1.25 bits per heavy atom. The zero-order valence-corrected chi connectivity index (χ0v) is 11.2. The van der Waals surface area contributed by atoms with Crippen LogP contribution in [-0.2, 0) is 0 Å². The standard InChI is InChI=1S/C16H24/c1-10-9-16-11(2)6-7-13(15(16,4)5)8-14(16)12(10)3/h11,13H,1,6-9H2,2-5H3/t11-,13-,16+/m1/s1. The molecule has 16 heavy (non-hydrogen) atoms. The van der Waals surface area contributed by atoms with Crippen molar-refractivity contribution in [1.82, 2.24) is 0 Å². The third-order valence-corrected chi connectivity index (χ3v) is 6.42. The molecule has 0 aliphatic heterocycles. The number of hydrogen-bond donors (Lipinski definition) is 0. The average molecular weight is 216 g/mol. The van der Waals surface area contributed by atoms with Crippen molar-refractivity contribution >= 4 is 0 Å². The highest BCUT2D eigenvalue weighted by molar-refractivity contribution is 5.49. The summed E-state index contributed by atoms with van der Waals surface area (Å²) in [6.45, 7) is 14.1. The minimum atomic E-state index is 0.483. The van der Waals surface area contributed by atoms with Crippen molar-refractivity contribution in [2.45, 2.75) is 53.4 Å². The highest BCUT2D eigenvalue weighted by Gasteiger charge is 2.63. The summed E-state index contributed by atoms with van der Waals surface area (Å²) in [5.41, 5.74) is 5.76. The molecule has 0 heterocycles. The fourth-order valence-corrected chi connectivity index (χ4v) is 5.21. The van der Waals surface area contributed by atoms with Gasteiger partial charge >= 0.3 is 0 Å². The van der Waals surface area contributed by atoms with Crippen LogP contribution in [0.4, 0.5) is 0 Å². The predicted molar refractivity (Wildman–Crippen MR) is 69.2 cm³/mol. The Morgan fingerprint density at radius 2 is 1.94 bits per heavy atom. The maximum atomic E-state index is 4.30. The van der Waals surface area contributed by atoms with Gasteiger partial charge in [0.05, 0.1) is 0 Å². The molecule has 0 saturated heterocycles. The van der Waals surface area contributed by atoms with E-state index < -0.39 is 0 Å². The summed E-state index contributed by atoms with van der Waals surface area (Å²) in [4.78, 5) is 0. The summed E-state index contributed by atoms with van der Waals surface area (Å²) in [5, 5.41) is 0. The molecule has 0 amide bonds. The van der Waals surface area contributed by atoms with Crippen LogP contribution in [0.25, 0.3) is 0 Å². The molecule has 0 radical (unpaired) electrons. The van der Waals surface area contributed by atoms with Gasteiger partial charge in [0.25, 0.3) is 0 Å². The molecule has 2 fully saturated rings. The molecule has 0 N–H and O–H groups in total. The Kier molecular flexibility index (Phi) is 1.88. The van der Waals surface area contributed by atoms with Gasteiger partial charge in [-0.15, -0.1) is 0 Å². The Balaban J connectivity index is 2.24. The molecule has 2 bridgehead atoms.